The first-order valence-corrected chi connectivity index (χ1v) is 10.3. The Balaban J connectivity index is 1.82. The number of nitrogens with zero attached hydrogens (tertiary/aromatic N) is 1. The van der Waals surface area contributed by atoms with E-state index in [1.165, 1.54) is 38.4 Å². The van der Waals surface area contributed by atoms with Gasteiger partial charge in [-0.05, 0) is 62.1 Å². The van der Waals surface area contributed by atoms with Crippen LogP contribution in [0, 0.1) is 19.8 Å². The number of fused-ring (bicyclic) bond motifs is 4. The van der Waals surface area contributed by atoms with Gasteiger partial charge < -0.3 is 4.42 Å². The van der Waals surface area contributed by atoms with Crippen LogP contribution < -0.4 is 0 Å². The topological polar surface area (TPSA) is 26.0 Å². The van der Waals surface area contributed by atoms with Crippen molar-refractivity contribution in [2.24, 2.45) is 5.92 Å². The Labute approximate surface area is 171 Å². The van der Waals surface area contributed by atoms with Gasteiger partial charge in [-0.2, -0.15) is 0 Å². The summed E-state index contributed by atoms with van der Waals surface area (Å²) < 4.78 is 6.13. The van der Waals surface area contributed by atoms with Crippen molar-refractivity contribution in [1.82, 2.24) is 4.98 Å². The molecule has 0 saturated carbocycles. The number of aryl methyl sites for hydroxylation is 2. The standard InChI is InChI=1S/C27H25NO/c1-16(2)9-19-13-24(20-11-17(3)10-18(4)12-20)28-25-15-27-23(14-22(19)25)21-7-5-6-8-26(21)29-27/h5-8,10-16H,9H2,1-4H3. The molecule has 0 radical (unpaired) electrons. The van der Waals surface area contributed by atoms with Gasteiger partial charge in [-0.3, -0.25) is 0 Å². The minimum Gasteiger partial charge on any atom is -0.456 e. The summed E-state index contributed by atoms with van der Waals surface area (Å²) in [7, 11) is 0. The minimum atomic E-state index is 0.574. The van der Waals surface area contributed by atoms with E-state index in [0.717, 1.165) is 28.8 Å². The molecule has 0 aliphatic carbocycles. The third-order valence-electron chi connectivity index (χ3n) is 5.54. The van der Waals surface area contributed by atoms with Crippen LogP contribution in [0.2, 0.25) is 0 Å². The van der Waals surface area contributed by atoms with Crippen LogP contribution in [-0.4, -0.2) is 4.98 Å². The minimum absolute atomic E-state index is 0.574. The Bertz CT molecular complexity index is 1350. The molecule has 144 valence electrons. The van der Waals surface area contributed by atoms with Crippen molar-refractivity contribution in [1.29, 1.82) is 0 Å². The molecule has 3 aromatic carbocycles. The van der Waals surface area contributed by atoms with Crippen molar-refractivity contribution in [3.63, 3.8) is 0 Å². The molecule has 0 aliphatic rings. The molecule has 2 nitrogen and oxygen atoms in total. The first kappa shape index (κ1) is 17.9. The molecule has 0 unspecified atom stereocenters. The summed E-state index contributed by atoms with van der Waals surface area (Å²) in [4.78, 5) is 5.06. The third-order valence-corrected chi connectivity index (χ3v) is 5.54. The van der Waals surface area contributed by atoms with E-state index >= 15 is 0 Å². The second-order valence-corrected chi connectivity index (χ2v) is 8.60. The highest BCUT2D eigenvalue weighted by molar-refractivity contribution is 6.10. The highest BCUT2D eigenvalue weighted by atomic mass is 16.3. The lowest BCUT2D eigenvalue weighted by atomic mass is 9.95. The van der Waals surface area contributed by atoms with Crippen LogP contribution in [-0.2, 0) is 6.42 Å². The van der Waals surface area contributed by atoms with Gasteiger partial charge in [0.15, 0.2) is 0 Å². The fourth-order valence-electron chi connectivity index (χ4n) is 4.39. The van der Waals surface area contributed by atoms with Gasteiger partial charge in [-0.25, -0.2) is 4.98 Å². The molecule has 2 heteroatoms. The molecule has 0 amide bonds. The number of aromatic nitrogens is 1. The third kappa shape index (κ3) is 3.19. The quantitative estimate of drug-likeness (QED) is 0.322. The summed E-state index contributed by atoms with van der Waals surface area (Å²) >= 11 is 0. The first-order valence-electron chi connectivity index (χ1n) is 10.3. The summed E-state index contributed by atoms with van der Waals surface area (Å²) in [5.74, 6) is 0.574. The van der Waals surface area contributed by atoms with E-state index in [0.29, 0.717) is 5.92 Å². The molecule has 0 fully saturated rings. The van der Waals surface area contributed by atoms with Crippen LogP contribution >= 0.6 is 0 Å². The van der Waals surface area contributed by atoms with Gasteiger partial charge >= 0.3 is 0 Å². The second kappa shape index (κ2) is 6.73. The number of pyridine rings is 1. The molecular formula is C27H25NO. The zero-order chi connectivity index (χ0) is 20.1. The number of benzene rings is 3. The highest BCUT2D eigenvalue weighted by Gasteiger charge is 2.14. The summed E-state index contributed by atoms with van der Waals surface area (Å²) in [5.41, 5.74) is 8.93. The smallest absolute Gasteiger partial charge is 0.137 e. The maximum absolute atomic E-state index is 6.13. The average Bonchev–Trinajstić information content (AvgIpc) is 3.02. The fourth-order valence-corrected chi connectivity index (χ4v) is 4.39. The van der Waals surface area contributed by atoms with Crippen molar-refractivity contribution in [2.45, 2.75) is 34.1 Å². The molecule has 0 spiro atoms. The van der Waals surface area contributed by atoms with Crippen LogP contribution in [0.15, 0.2) is 65.1 Å². The molecule has 5 aromatic rings. The fraction of sp³-hybridized carbons (Fsp3) is 0.222. The van der Waals surface area contributed by atoms with E-state index in [1.54, 1.807) is 0 Å². The van der Waals surface area contributed by atoms with Gasteiger partial charge in [0, 0.05) is 27.8 Å². The maximum Gasteiger partial charge on any atom is 0.137 e. The summed E-state index contributed by atoms with van der Waals surface area (Å²) in [5, 5.41) is 3.56. The van der Waals surface area contributed by atoms with Crippen molar-refractivity contribution in [3.8, 4) is 11.3 Å². The summed E-state index contributed by atoms with van der Waals surface area (Å²) in [6.45, 7) is 8.83. The second-order valence-electron chi connectivity index (χ2n) is 8.60. The Kier molecular flexibility index (Phi) is 4.16. The van der Waals surface area contributed by atoms with Crippen molar-refractivity contribution >= 4 is 32.8 Å². The van der Waals surface area contributed by atoms with Gasteiger partial charge in [0.2, 0.25) is 0 Å². The Morgan fingerprint density at radius 3 is 2.31 bits per heavy atom. The lowest BCUT2D eigenvalue weighted by Gasteiger charge is -2.13. The zero-order valence-electron chi connectivity index (χ0n) is 17.4. The Morgan fingerprint density at radius 1 is 0.793 bits per heavy atom. The summed E-state index contributed by atoms with van der Waals surface area (Å²) in [6.07, 6.45) is 1.03. The average molecular weight is 380 g/mol. The number of furan rings is 1. The predicted octanol–water partition coefficient (Wildman–Crippen LogP) is 7.62. The van der Waals surface area contributed by atoms with Gasteiger partial charge in [-0.15, -0.1) is 0 Å². The number of para-hydroxylation sites is 1. The Morgan fingerprint density at radius 2 is 1.55 bits per heavy atom. The Hall–Kier alpha value is -3.13. The SMILES string of the molecule is Cc1cc(C)cc(-c2cc(CC(C)C)c3cc4c(cc3n2)oc2ccccc24)c1. The zero-order valence-corrected chi connectivity index (χ0v) is 17.4. The molecule has 0 bridgehead atoms. The molecule has 29 heavy (non-hydrogen) atoms. The van der Waals surface area contributed by atoms with Gasteiger partial charge in [0.1, 0.15) is 11.2 Å². The molecule has 2 aromatic heterocycles. The lowest BCUT2D eigenvalue weighted by Crippen LogP contribution is -1.98. The number of rotatable bonds is 3. The van der Waals surface area contributed by atoms with E-state index in [9.17, 15) is 0 Å². The van der Waals surface area contributed by atoms with Crippen molar-refractivity contribution < 1.29 is 4.42 Å². The molecule has 0 aliphatic heterocycles. The van der Waals surface area contributed by atoms with Crippen LogP contribution in [0.1, 0.15) is 30.5 Å². The lowest BCUT2D eigenvalue weighted by molar-refractivity contribution is 0.650. The molecule has 0 N–H and O–H groups in total. The summed E-state index contributed by atoms with van der Waals surface area (Å²) in [6, 6.07) is 21.6. The van der Waals surface area contributed by atoms with Gasteiger partial charge in [-0.1, -0.05) is 49.2 Å². The van der Waals surface area contributed by atoms with Crippen LogP contribution in [0.4, 0.5) is 0 Å². The van der Waals surface area contributed by atoms with Crippen LogP contribution in [0.25, 0.3) is 44.1 Å². The number of hydrogen-bond donors (Lipinski definition) is 0. The first-order chi connectivity index (χ1) is 14.0. The van der Waals surface area contributed by atoms with E-state index in [1.807, 2.05) is 12.1 Å². The van der Waals surface area contributed by atoms with Crippen LogP contribution in [0.3, 0.4) is 0 Å². The van der Waals surface area contributed by atoms with E-state index in [-0.39, 0.29) is 0 Å². The highest BCUT2D eigenvalue weighted by Crippen LogP contribution is 2.35. The maximum atomic E-state index is 6.13. The van der Waals surface area contributed by atoms with E-state index in [2.05, 4.69) is 76.2 Å². The van der Waals surface area contributed by atoms with Gasteiger partial charge in [0.25, 0.3) is 0 Å². The predicted molar refractivity (Wildman–Crippen MR) is 122 cm³/mol. The molecular weight excluding hydrogens is 354 g/mol. The van der Waals surface area contributed by atoms with Crippen molar-refractivity contribution in [2.75, 3.05) is 0 Å². The van der Waals surface area contributed by atoms with Crippen molar-refractivity contribution in [3.05, 3.63) is 77.4 Å². The number of hydrogen-bond acceptors (Lipinski definition) is 2. The molecule has 5 rings (SSSR count). The largest absolute Gasteiger partial charge is 0.456 e. The van der Waals surface area contributed by atoms with E-state index < -0.39 is 0 Å². The van der Waals surface area contributed by atoms with Gasteiger partial charge in [0.05, 0.1) is 11.2 Å². The van der Waals surface area contributed by atoms with E-state index in [4.69, 9.17) is 9.40 Å². The monoisotopic (exact) mass is 379 g/mol. The molecule has 0 atom stereocenters. The molecule has 2 heterocycles. The van der Waals surface area contributed by atoms with Crippen LogP contribution in [0.5, 0.6) is 0 Å². The normalized spacial score (nSPS) is 11.9. The molecule has 0 saturated heterocycles.